The number of alkyl halides is 1. The van der Waals surface area contributed by atoms with Gasteiger partial charge in [-0.3, -0.25) is 5.10 Å². The largest absolute Gasteiger partial charge is 0.378 e. The van der Waals surface area contributed by atoms with Gasteiger partial charge in [0.05, 0.1) is 18.2 Å². The number of fused-ring (bicyclic) bond motifs is 1. The Morgan fingerprint density at radius 2 is 2.12 bits per heavy atom. The fraction of sp³-hybridized carbons (Fsp3) is 0.389. The summed E-state index contributed by atoms with van der Waals surface area (Å²) >= 11 is 0. The highest BCUT2D eigenvalue weighted by molar-refractivity contribution is 5.85. The quantitative estimate of drug-likeness (QED) is 0.676. The van der Waals surface area contributed by atoms with E-state index < -0.39 is 12.0 Å². The second-order valence-electron chi connectivity index (χ2n) is 6.56. The van der Waals surface area contributed by atoms with E-state index in [9.17, 15) is 8.78 Å². The van der Waals surface area contributed by atoms with Gasteiger partial charge in [0.25, 0.3) is 0 Å². The van der Waals surface area contributed by atoms with E-state index in [4.69, 9.17) is 4.74 Å². The molecule has 26 heavy (non-hydrogen) atoms. The molecule has 136 valence electrons. The highest BCUT2D eigenvalue weighted by Gasteiger charge is 2.30. The summed E-state index contributed by atoms with van der Waals surface area (Å²) in [5.41, 5.74) is 0.748. The Balaban J connectivity index is 1.21. The van der Waals surface area contributed by atoms with Gasteiger partial charge in [0.15, 0.2) is 11.8 Å². The molecule has 6 nitrogen and oxygen atoms in total. The second kappa shape index (κ2) is 7.33. The van der Waals surface area contributed by atoms with E-state index in [2.05, 4.69) is 25.5 Å². The Morgan fingerprint density at radius 1 is 1.27 bits per heavy atom. The molecule has 0 saturated heterocycles. The van der Waals surface area contributed by atoms with Gasteiger partial charge in [-0.2, -0.15) is 5.10 Å². The van der Waals surface area contributed by atoms with E-state index in [1.54, 1.807) is 18.3 Å². The van der Waals surface area contributed by atoms with E-state index >= 15 is 0 Å². The van der Waals surface area contributed by atoms with Crippen LogP contribution in [0.2, 0.25) is 0 Å². The highest BCUT2D eigenvalue weighted by Crippen LogP contribution is 2.32. The van der Waals surface area contributed by atoms with Crippen LogP contribution in [0.15, 0.2) is 36.8 Å². The number of hydrogen-bond acceptors (Lipinski definition) is 5. The van der Waals surface area contributed by atoms with Gasteiger partial charge in [0, 0.05) is 18.2 Å². The predicted molar refractivity (Wildman–Crippen MR) is 92.9 cm³/mol. The van der Waals surface area contributed by atoms with E-state index in [1.165, 1.54) is 18.5 Å². The maximum Gasteiger partial charge on any atom is 0.160 e. The lowest BCUT2D eigenvalue weighted by molar-refractivity contribution is 0.0327. The molecule has 0 unspecified atom stereocenters. The van der Waals surface area contributed by atoms with Crippen LogP contribution in [0.3, 0.4) is 0 Å². The van der Waals surface area contributed by atoms with Crippen molar-refractivity contribution in [3.63, 3.8) is 0 Å². The smallest absolute Gasteiger partial charge is 0.160 e. The van der Waals surface area contributed by atoms with Crippen LogP contribution in [-0.4, -0.2) is 39.4 Å². The van der Waals surface area contributed by atoms with Crippen LogP contribution < -0.4 is 5.32 Å². The Morgan fingerprint density at radius 3 is 2.96 bits per heavy atom. The molecule has 1 aromatic carbocycles. The molecule has 0 spiro atoms. The second-order valence-corrected chi connectivity index (χ2v) is 6.56. The molecule has 0 radical (unpaired) electrons. The Kier molecular flexibility index (Phi) is 4.75. The summed E-state index contributed by atoms with van der Waals surface area (Å²) in [5.74, 6) is 0.588. The van der Waals surface area contributed by atoms with Gasteiger partial charge in [-0.25, -0.2) is 18.7 Å². The minimum absolute atomic E-state index is 0.0496. The van der Waals surface area contributed by atoms with Crippen molar-refractivity contribution < 1.29 is 13.5 Å². The van der Waals surface area contributed by atoms with Gasteiger partial charge in [0.1, 0.15) is 18.0 Å². The molecule has 4 rings (SSSR count). The Labute approximate surface area is 149 Å². The number of H-pyrrole nitrogens is 1. The summed E-state index contributed by atoms with van der Waals surface area (Å²) in [6.45, 7) is 0.342. The number of benzene rings is 1. The number of nitrogens with zero attached hydrogens (tertiary/aromatic N) is 3. The lowest BCUT2D eigenvalue weighted by Gasteiger charge is -2.36. The molecule has 2 aromatic heterocycles. The molecular formula is C18H19F2N5O. The average Bonchev–Trinajstić information content (AvgIpc) is 3.09. The zero-order valence-corrected chi connectivity index (χ0v) is 14.0. The minimum Gasteiger partial charge on any atom is -0.378 e. The number of nitrogens with one attached hydrogen (secondary N) is 2. The molecule has 2 heterocycles. The van der Waals surface area contributed by atoms with Crippen LogP contribution in [0, 0.1) is 11.7 Å². The van der Waals surface area contributed by atoms with Crippen molar-refractivity contribution in [3.05, 3.63) is 48.2 Å². The minimum atomic E-state index is -1.44. The topological polar surface area (TPSA) is 75.7 Å². The monoisotopic (exact) mass is 359 g/mol. The number of ether oxygens (including phenoxy) is 1. The SMILES string of the molecule is Fc1ccccc1[C@@H](F)COCC1CC(Nc2ncnc3[nH]ncc23)C1. The maximum absolute atomic E-state index is 14.0. The first-order valence-corrected chi connectivity index (χ1v) is 8.57. The van der Waals surface area contributed by atoms with Crippen LogP contribution >= 0.6 is 0 Å². The average molecular weight is 359 g/mol. The van der Waals surface area contributed by atoms with Gasteiger partial charge in [-0.05, 0) is 24.8 Å². The number of halogens is 2. The van der Waals surface area contributed by atoms with Crippen molar-refractivity contribution in [2.45, 2.75) is 25.1 Å². The third-order valence-corrected chi connectivity index (χ3v) is 4.68. The van der Waals surface area contributed by atoms with Crippen molar-refractivity contribution in [1.82, 2.24) is 20.2 Å². The first-order valence-electron chi connectivity index (χ1n) is 8.57. The Bertz CT molecular complexity index is 881. The molecule has 1 saturated carbocycles. The zero-order valence-electron chi connectivity index (χ0n) is 14.0. The van der Waals surface area contributed by atoms with Gasteiger partial charge in [0.2, 0.25) is 0 Å². The molecule has 1 aliphatic rings. The third kappa shape index (κ3) is 3.50. The molecule has 1 aliphatic carbocycles. The summed E-state index contributed by atoms with van der Waals surface area (Å²) in [6.07, 6.45) is 3.58. The van der Waals surface area contributed by atoms with Gasteiger partial charge in [-0.15, -0.1) is 0 Å². The van der Waals surface area contributed by atoms with E-state index in [0.29, 0.717) is 24.2 Å². The first-order chi connectivity index (χ1) is 12.7. The molecule has 0 aliphatic heterocycles. The molecule has 1 atom stereocenters. The van der Waals surface area contributed by atoms with Crippen molar-refractivity contribution >= 4 is 16.9 Å². The van der Waals surface area contributed by atoms with Crippen molar-refractivity contribution in [2.24, 2.45) is 5.92 Å². The molecule has 0 amide bonds. The van der Waals surface area contributed by atoms with E-state index in [0.717, 1.165) is 24.0 Å². The summed E-state index contributed by atoms with van der Waals surface area (Å²) in [6, 6.07) is 6.17. The summed E-state index contributed by atoms with van der Waals surface area (Å²) in [7, 11) is 0. The lowest BCUT2D eigenvalue weighted by Crippen LogP contribution is -2.38. The molecule has 1 fully saturated rings. The fourth-order valence-corrected chi connectivity index (χ4v) is 3.22. The molecule has 8 heteroatoms. The summed E-state index contributed by atoms with van der Waals surface area (Å²) < 4.78 is 33.0. The van der Waals surface area contributed by atoms with Crippen molar-refractivity contribution in [3.8, 4) is 0 Å². The van der Waals surface area contributed by atoms with E-state index in [-0.39, 0.29) is 12.2 Å². The van der Waals surface area contributed by atoms with E-state index in [1.807, 2.05) is 0 Å². The van der Waals surface area contributed by atoms with Crippen molar-refractivity contribution in [1.29, 1.82) is 0 Å². The summed E-state index contributed by atoms with van der Waals surface area (Å²) in [4.78, 5) is 8.36. The van der Waals surface area contributed by atoms with Crippen LogP contribution in [0.5, 0.6) is 0 Å². The third-order valence-electron chi connectivity index (χ3n) is 4.68. The highest BCUT2D eigenvalue weighted by atomic mass is 19.1. The predicted octanol–water partition coefficient (Wildman–Crippen LogP) is 3.41. The van der Waals surface area contributed by atoms with Gasteiger partial charge < -0.3 is 10.1 Å². The fourth-order valence-electron chi connectivity index (χ4n) is 3.22. The maximum atomic E-state index is 14.0. The molecule has 3 aromatic rings. The van der Waals surface area contributed by atoms with Crippen molar-refractivity contribution in [2.75, 3.05) is 18.5 Å². The molecular weight excluding hydrogens is 340 g/mol. The zero-order chi connectivity index (χ0) is 17.9. The van der Waals surface area contributed by atoms with Gasteiger partial charge in [-0.1, -0.05) is 18.2 Å². The molecule has 2 N–H and O–H groups in total. The standard InChI is InChI=1S/C18H19F2N5O/c19-15-4-2-1-3-13(15)16(20)9-26-8-11-5-12(6-11)24-17-14-7-23-25-18(14)22-10-21-17/h1-4,7,10-12,16H,5-6,8-9H2,(H2,21,22,23,24,25)/t11?,12?,16-/m0/s1. The number of anilines is 1. The first kappa shape index (κ1) is 16.8. The number of aromatic amines is 1. The van der Waals surface area contributed by atoms with Crippen LogP contribution in [0.25, 0.3) is 11.0 Å². The van der Waals surface area contributed by atoms with Crippen LogP contribution in [-0.2, 0) is 4.74 Å². The Hall–Kier alpha value is -2.61. The van der Waals surface area contributed by atoms with Crippen LogP contribution in [0.1, 0.15) is 24.6 Å². The molecule has 0 bridgehead atoms. The lowest BCUT2D eigenvalue weighted by atomic mass is 9.81. The normalized spacial score (nSPS) is 20.7. The summed E-state index contributed by atoms with van der Waals surface area (Å²) in [5, 5.41) is 11.0. The number of hydrogen-bond donors (Lipinski definition) is 2. The number of aromatic nitrogens is 4. The van der Waals surface area contributed by atoms with Gasteiger partial charge >= 0.3 is 0 Å². The van der Waals surface area contributed by atoms with Crippen LogP contribution in [0.4, 0.5) is 14.6 Å². The number of rotatable bonds is 7.